The molecule has 0 aliphatic carbocycles. The van der Waals surface area contributed by atoms with Crippen molar-refractivity contribution in [3.8, 4) is 0 Å². The van der Waals surface area contributed by atoms with Gasteiger partial charge in [0.15, 0.2) is 0 Å². The normalized spacial score (nSPS) is 14.2. The van der Waals surface area contributed by atoms with E-state index in [1.165, 1.54) is 0 Å². The number of unbranched alkanes of at least 4 members (excludes halogenated alkanes) is 1. The van der Waals surface area contributed by atoms with E-state index < -0.39 is 12.6 Å². The van der Waals surface area contributed by atoms with E-state index in [4.69, 9.17) is 5.73 Å². The second-order valence-corrected chi connectivity index (χ2v) is 3.83. The average molecular weight is 226 g/mol. The number of alkyl halides is 3. The Morgan fingerprint density at radius 1 is 1.27 bits per heavy atom. The molecule has 0 bridgehead atoms. The molecule has 92 valence electrons. The Morgan fingerprint density at radius 2 is 1.93 bits per heavy atom. The zero-order valence-corrected chi connectivity index (χ0v) is 9.24. The van der Waals surface area contributed by atoms with E-state index in [0.717, 1.165) is 12.8 Å². The molecule has 15 heavy (non-hydrogen) atoms. The number of nitrogens with one attached hydrogen (secondary N) is 1. The average Bonchev–Trinajstić information content (AvgIpc) is 2.09. The Balaban J connectivity index is 3.18. The smallest absolute Gasteiger partial charge is 0.327 e. The topological polar surface area (TPSA) is 38.0 Å². The van der Waals surface area contributed by atoms with E-state index >= 15 is 0 Å². The van der Waals surface area contributed by atoms with Gasteiger partial charge in [0.05, 0.1) is 0 Å². The molecule has 1 unspecified atom stereocenters. The van der Waals surface area contributed by atoms with Crippen LogP contribution in [-0.4, -0.2) is 25.3 Å². The van der Waals surface area contributed by atoms with Gasteiger partial charge in [-0.1, -0.05) is 13.3 Å². The molecular weight excluding hydrogens is 205 g/mol. The van der Waals surface area contributed by atoms with Gasteiger partial charge < -0.3 is 11.1 Å². The SMILES string of the molecule is CCCC(N)CNCCCCC(F)(F)F. The van der Waals surface area contributed by atoms with Gasteiger partial charge in [0.2, 0.25) is 0 Å². The molecule has 0 aromatic carbocycles. The molecule has 0 radical (unpaired) electrons. The van der Waals surface area contributed by atoms with Crippen molar-refractivity contribution in [2.24, 2.45) is 5.73 Å². The number of nitrogens with two attached hydrogens (primary N) is 1. The number of halogens is 3. The number of rotatable bonds is 8. The van der Waals surface area contributed by atoms with Gasteiger partial charge >= 0.3 is 6.18 Å². The van der Waals surface area contributed by atoms with Crippen LogP contribution in [0.3, 0.4) is 0 Å². The van der Waals surface area contributed by atoms with Gasteiger partial charge in [0.25, 0.3) is 0 Å². The molecule has 1 atom stereocenters. The molecule has 5 heteroatoms. The van der Waals surface area contributed by atoms with Crippen LogP contribution in [0.5, 0.6) is 0 Å². The first-order chi connectivity index (χ1) is 6.95. The van der Waals surface area contributed by atoms with Crippen LogP contribution in [-0.2, 0) is 0 Å². The van der Waals surface area contributed by atoms with Gasteiger partial charge in [-0.3, -0.25) is 0 Å². The molecule has 0 aromatic rings. The van der Waals surface area contributed by atoms with Crippen LogP contribution in [0.15, 0.2) is 0 Å². The highest BCUT2D eigenvalue weighted by Gasteiger charge is 2.25. The minimum absolute atomic E-state index is 0.123. The van der Waals surface area contributed by atoms with Gasteiger partial charge in [-0.15, -0.1) is 0 Å². The number of hydrogen-bond acceptors (Lipinski definition) is 2. The van der Waals surface area contributed by atoms with E-state index in [2.05, 4.69) is 12.2 Å². The van der Waals surface area contributed by atoms with E-state index in [9.17, 15) is 13.2 Å². The fourth-order valence-electron chi connectivity index (χ4n) is 1.34. The van der Waals surface area contributed by atoms with Crippen molar-refractivity contribution in [2.75, 3.05) is 13.1 Å². The molecule has 0 spiro atoms. The van der Waals surface area contributed by atoms with Gasteiger partial charge in [0.1, 0.15) is 0 Å². The molecular formula is C10H21F3N2. The molecule has 0 rings (SSSR count). The van der Waals surface area contributed by atoms with E-state index in [0.29, 0.717) is 19.5 Å². The Hall–Kier alpha value is -0.290. The van der Waals surface area contributed by atoms with Crippen molar-refractivity contribution in [3.63, 3.8) is 0 Å². The lowest BCUT2D eigenvalue weighted by Crippen LogP contribution is -2.34. The van der Waals surface area contributed by atoms with Gasteiger partial charge in [-0.2, -0.15) is 13.2 Å². The van der Waals surface area contributed by atoms with E-state index in [1.54, 1.807) is 0 Å². The lowest BCUT2D eigenvalue weighted by Gasteiger charge is -2.11. The maximum atomic E-state index is 11.8. The molecule has 0 aliphatic heterocycles. The Kier molecular flexibility index (Phi) is 7.78. The monoisotopic (exact) mass is 226 g/mol. The molecule has 0 aromatic heterocycles. The lowest BCUT2D eigenvalue weighted by molar-refractivity contribution is -0.135. The van der Waals surface area contributed by atoms with Gasteiger partial charge in [0, 0.05) is 19.0 Å². The summed E-state index contributed by atoms with van der Waals surface area (Å²) in [6.07, 6.45) is -1.96. The van der Waals surface area contributed by atoms with Crippen LogP contribution in [0.1, 0.15) is 39.0 Å². The second kappa shape index (κ2) is 7.93. The largest absolute Gasteiger partial charge is 0.389 e. The fraction of sp³-hybridized carbons (Fsp3) is 1.00. The summed E-state index contributed by atoms with van der Waals surface area (Å²) in [6.45, 7) is 3.37. The molecule has 3 N–H and O–H groups in total. The van der Waals surface area contributed by atoms with Crippen molar-refractivity contribution in [3.05, 3.63) is 0 Å². The molecule has 0 amide bonds. The summed E-state index contributed by atoms with van der Waals surface area (Å²) in [5.41, 5.74) is 5.73. The quantitative estimate of drug-likeness (QED) is 0.624. The molecule has 0 aliphatic rings. The van der Waals surface area contributed by atoms with Crippen molar-refractivity contribution < 1.29 is 13.2 Å². The third-order valence-corrected chi connectivity index (χ3v) is 2.13. The Bertz CT molecular complexity index is 148. The molecule has 0 saturated carbocycles. The minimum Gasteiger partial charge on any atom is -0.327 e. The standard InChI is InChI=1S/C10H21F3N2/c1-2-5-9(14)8-15-7-4-3-6-10(11,12)13/h9,15H,2-8,14H2,1H3. The van der Waals surface area contributed by atoms with Crippen molar-refractivity contribution in [2.45, 2.75) is 51.2 Å². The first-order valence-corrected chi connectivity index (χ1v) is 5.48. The maximum Gasteiger partial charge on any atom is 0.389 e. The first kappa shape index (κ1) is 14.7. The van der Waals surface area contributed by atoms with Crippen molar-refractivity contribution in [1.82, 2.24) is 5.32 Å². The van der Waals surface area contributed by atoms with Crippen molar-refractivity contribution in [1.29, 1.82) is 0 Å². The third-order valence-electron chi connectivity index (χ3n) is 2.13. The minimum atomic E-state index is -4.02. The van der Waals surface area contributed by atoms with Crippen molar-refractivity contribution >= 4 is 0 Å². The van der Waals surface area contributed by atoms with Crippen LogP contribution in [0, 0.1) is 0 Å². The van der Waals surface area contributed by atoms with Crippen LogP contribution in [0.25, 0.3) is 0 Å². The van der Waals surface area contributed by atoms with Crippen LogP contribution >= 0.6 is 0 Å². The third kappa shape index (κ3) is 11.6. The lowest BCUT2D eigenvalue weighted by atomic mass is 10.2. The van der Waals surface area contributed by atoms with Crippen LogP contribution in [0.4, 0.5) is 13.2 Å². The summed E-state index contributed by atoms with van der Waals surface area (Å²) in [4.78, 5) is 0. The second-order valence-electron chi connectivity index (χ2n) is 3.83. The highest BCUT2D eigenvalue weighted by molar-refractivity contribution is 4.63. The van der Waals surface area contributed by atoms with Crippen LogP contribution in [0.2, 0.25) is 0 Å². The highest BCUT2D eigenvalue weighted by Crippen LogP contribution is 2.21. The van der Waals surface area contributed by atoms with E-state index in [-0.39, 0.29) is 12.5 Å². The molecule has 0 saturated heterocycles. The summed E-state index contributed by atoms with van der Waals surface area (Å²) in [5, 5.41) is 3.06. The summed E-state index contributed by atoms with van der Waals surface area (Å²) in [7, 11) is 0. The highest BCUT2D eigenvalue weighted by atomic mass is 19.4. The number of hydrogen-bond donors (Lipinski definition) is 2. The first-order valence-electron chi connectivity index (χ1n) is 5.48. The predicted molar refractivity (Wildman–Crippen MR) is 55.7 cm³/mol. The zero-order valence-electron chi connectivity index (χ0n) is 9.24. The molecule has 2 nitrogen and oxygen atoms in total. The summed E-state index contributed by atoms with van der Waals surface area (Å²) in [6, 6.07) is 0.123. The molecule has 0 heterocycles. The fourth-order valence-corrected chi connectivity index (χ4v) is 1.34. The van der Waals surface area contributed by atoms with Crippen LogP contribution < -0.4 is 11.1 Å². The molecule has 0 fully saturated rings. The van der Waals surface area contributed by atoms with Gasteiger partial charge in [-0.05, 0) is 25.8 Å². The predicted octanol–water partition coefficient (Wildman–Crippen LogP) is 2.44. The van der Waals surface area contributed by atoms with Gasteiger partial charge in [-0.25, -0.2) is 0 Å². The summed E-state index contributed by atoms with van der Waals surface area (Å²) >= 11 is 0. The summed E-state index contributed by atoms with van der Waals surface area (Å²) in [5.74, 6) is 0. The summed E-state index contributed by atoms with van der Waals surface area (Å²) < 4.78 is 35.3. The zero-order chi connectivity index (χ0) is 11.7. The Labute approximate surface area is 89.4 Å². The Morgan fingerprint density at radius 3 is 2.47 bits per heavy atom. The van der Waals surface area contributed by atoms with E-state index in [1.807, 2.05) is 0 Å². The maximum absolute atomic E-state index is 11.8.